The molecule has 1 aliphatic carbocycles. The van der Waals surface area contributed by atoms with E-state index >= 15 is 0 Å². The van der Waals surface area contributed by atoms with Gasteiger partial charge in [0.25, 0.3) is 0 Å². The summed E-state index contributed by atoms with van der Waals surface area (Å²) in [5, 5.41) is 3.44. The highest BCUT2D eigenvalue weighted by molar-refractivity contribution is 6.00. The first-order chi connectivity index (χ1) is 19.3. The Bertz CT molecular complexity index is 1260. The number of anilines is 4. The topological polar surface area (TPSA) is 60.9 Å². The van der Waals surface area contributed by atoms with Crippen molar-refractivity contribution in [3.8, 4) is 0 Å². The number of alkyl halides is 3. The summed E-state index contributed by atoms with van der Waals surface area (Å²) in [6, 6.07) is 10.4. The Labute approximate surface area is 232 Å². The van der Waals surface area contributed by atoms with Crippen molar-refractivity contribution in [1.29, 1.82) is 0 Å². The Kier molecular flexibility index (Phi) is 6.46. The predicted molar refractivity (Wildman–Crippen MR) is 147 cm³/mol. The Morgan fingerprint density at radius 1 is 1.07 bits per heavy atom. The molecule has 10 heteroatoms. The second-order valence-electron chi connectivity index (χ2n) is 12.1. The molecule has 5 fully saturated rings. The van der Waals surface area contributed by atoms with Gasteiger partial charge in [0.1, 0.15) is 11.4 Å². The van der Waals surface area contributed by atoms with Crippen LogP contribution >= 0.6 is 0 Å². The quantitative estimate of drug-likeness (QED) is 0.530. The van der Waals surface area contributed by atoms with E-state index in [1.165, 1.54) is 0 Å². The van der Waals surface area contributed by atoms with Gasteiger partial charge in [0.05, 0.1) is 36.7 Å². The number of amides is 1. The molecule has 0 radical (unpaired) electrons. The van der Waals surface area contributed by atoms with Crippen LogP contribution in [0.5, 0.6) is 0 Å². The molecule has 2 unspecified atom stereocenters. The van der Waals surface area contributed by atoms with E-state index < -0.39 is 11.7 Å². The molecule has 214 valence electrons. The molecule has 1 saturated carbocycles. The number of ether oxygens (including phenoxy) is 1. The van der Waals surface area contributed by atoms with Gasteiger partial charge in [0.15, 0.2) is 0 Å². The number of pyridine rings is 1. The number of likely N-dealkylation sites (tertiary alicyclic amines) is 1. The van der Waals surface area contributed by atoms with E-state index in [0.29, 0.717) is 51.4 Å². The molecule has 40 heavy (non-hydrogen) atoms. The summed E-state index contributed by atoms with van der Waals surface area (Å²) in [5.41, 5.74) is 1.87. The minimum absolute atomic E-state index is 0.0208. The standard InChI is InChI=1S/C30H36F3N5O2/c31-30(32,33)29(11-1-2-12-29)36-14-9-20(10-15-36)28(39)38-17-21-4-3-13-34-27(21)35-25-8-6-22(16-26(25)38)37-18-24-7-5-23(37)19-40-24/h3-4,6,8,13,16,20,23-24H,1-2,5,7,9-12,14-15,17-19H2,(H,34,35). The number of rotatable bonds is 3. The molecule has 0 spiro atoms. The van der Waals surface area contributed by atoms with E-state index in [1.54, 1.807) is 11.1 Å². The van der Waals surface area contributed by atoms with Crippen LogP contribution in [-0.4, -0.2) is 65.9 Å². The number of nitrogens with zero attached hydrogens (tertiary/aromatic N) is 4. The summed E-state index contributed by atoms with van der Waals surface area (Å²) in [4.78, 5) is 24.6. The summed E-state index contributed by atoms with van der Waals surface area (Å²) in [6.07, 6.45) is 2.30. The molecule has 7 nitrogen and oxygen atoms in total. The Morgan fingerprint density at radius 2 is 1.88 bits per heavy atom. The predicted octanol–water partition coefficient (Wildman–Crippen LogP) is 5.63. The molecule has 2 atom stereocenters. The van der Waals surface area contributed by atoms with E-state index in [9.17, 15) is 18.0 Å². The van der Waals surface area contributed by atoms with Crippen molar-refractivity contribution < 1.29 is 22.7 Å². The van der Waals surface area contributed by atoms with E-state index in [0.717, 1.165) is 54.4 Å². The van der Waals surface area contributed by atoms with E-state index in [4.69, 9.17) is 4.74 Å². The molecule has 1 aromatic carbocycles. The average molecular weight is 556 g/mol. The van der Waals surface area contributed by atoms with Crippen LogP contribution in [0.2, 0.25) is 0 Å². The van der Waals surface area contributed by atoms with Crippen molar-refractivity contribution in [2.24, 2.45) is 5.92 Å². The zero-order chi connectivity index (χ0) is 27.5. The number of hydrogen-bond acceptors (Lipinski definition) is 6. The lowest BCUT2D eigenvalue weighted by Crippen LogP contribution is -2.59. The van der Waals surface area contributed by atoms with Gasteiger partial charge in [0, 0.05) is 29.9 Å². The van der Waals surface area contributed by atoms with Gasteiger partial charge in [-0.1, -0.05) is 18.9 Å². The fourth-order valence-electron chi connectivity index (χ4n) is 7.67. The third-order valence-corrected chi connectivity index (χ3v) is 9.94. The van der Waals surface area contributed by atoms with Crippen molar-refractivity contribution in [3.63, 3.8) is 0 Å². The molecule has 2 bridgehead atoms. The number of fused-ring (bicyclic) bond motifs is 5. The van der Waals surface area contributed by atoms with Crippen molar-refractivity contribution in [2.75, 3.05) is 41.4 Å². The first-order valence-electron chi connectivity index (χ1n) is 14.7. The van der Waals surface area contributed by atoms with Crippen molar-refractivity contribution >= 4 is 28.8 Å². The fraction of sp³-hybridized carbons (Fsp3) is 0.600. The number of carbonyl (C=O) groups excluding carboxylic acids is 1. The monoisotopic (exact) mass is 555 g/mol. The number of nitrogens with one attached hydrogen (secondary N) is 1. The van der Waals surface area contributed by atoms with Gasteiger partial charge in [-0.3, -0.25) is 9.69 Å². The summed E-state index contributed by atoms with van der Waals surface area (Å²) < 4.78 is 48.5. The van der Waals surface area contributed by atoms with Crippen LogP contribution in [0.15, 0.2) is 36.5 Å². The van der Waals surface area contributed by atoms with E-state index in [-0.39, 0.29) is 30.8 Å². The smallest absolute Gasteiger partial charge is 0.374 e. The molecule has 4 saturated heterocycles. The lowest BCUT2D eigenvalue weighted by Gasteiger charge is -2.47. The molecular weight excluding hydrogens is 519 g/mol. The van der Waals surface area contributed by atoms with Crippen LogP contribution in [-0.2, 0) is 16.1 Å². The minimum atomic E-state index is -4.25. The number of carbonyl (C=O) groups is 1. The molecule has 2 aromatic rings. The summed E-state index contributed by atoms with van der Waals surface area (Å²) >= 11 is 0. The third-order valence-electron chi connectivity index (χ3n) is 9.94. The fourth-order valence-corrected chi connectivity index (χ4v) is 7.67. The third kappa shape index (κ3) is 4.34. The van der Waals surface area contributed by atoms with Crippen LogP contribution in [0, 0.1) is 5.92 Å². The number of aromatic nitrogens is 1. The zero-order valence-electron chi connectivity index (χ0n) is 22.6. The molecule has 6 aliphatic rings. The van der Waals surface area contributed by atoms with Gasteiger partial charge in [-0.15, -0.1) is 0 Å². The molecular formula is C30H36F3N5O2. The zero-order valence-corrected chi connectivity index (χ0v) is 22.6. The maximum atomic E-state index is 14.2. The van der Waals surface area contributed by atoms with Crippen LogP contribution in [0.3, 0.4) is 0 Å². The first kappa shape index (κ1) is 26.1. The molecule has 1 N–H and O–H groups in total. The summed E-state index contributed by atoms with van der Waals surface area (Å²) in [5.74, 6) is 0.380. The van der Waals surface area contributed by atoms with Crippen LogP contribution < -0.4 is 15.1 Å². The van der Waals surface area contributed by atoms with Gasteiger partial charge in [0.2, 0.25) is 5.91 Å². The number of benzene rings is 1. The number of piperidine rings is 2. The summed E-state index contributed by atoms with van der Waals surface area (Å²) in [7, 11) is 0. The SMILES string of the molecule is O=C(C1CCN(C2(C(F)(F)F)CCCC2)CC1)N1Cc2cccnc2Nc2ccc(N3CC4CCC3CO4)cc21. The Balaban J connectivity index is 1.17. The second-order valence-corrected chi connectivity index (χ2v) is 12.1. The van der Waals surface area contributed by atoms with E-state index in [1.807, 2.05) is 23.1 Å². The van der Waals surface area contributed by atoms with Gasteiger partial charge in [-0.05, 0) is 75.9 Å². The first-order valence-corrected chi connectivity index (χ1v) is 14.7. The molecule has 8 rings (SSSR count). The van der Waals surface area contributed by atoms with Crippen LogP contribution in [0.1, 0.15) is 56.9 Å². The lowest BCUT2D eigenvalue weighted by molar-refractivity contribution is -0.234. The highest BCUT2D eigenvalue weighted by Gasteiger charge is 2.59. The van der Waals surface area contributed by atoms with Crippen molar-refractivity contribution in [2.45, 2.75) is 81.8 Å². The second kappa shape index (κ2) is 9.91. The minimum Gasteiger partial charge on any atom is -0.374 e. The Morgan fingerprint density at radius 3 is 2.55 bits per heavy atom. The van der Waals surface area contributed by atoms with Crippen molar-refractivity contribution in [1.82, 2.24) is 9.88 Å². The molecule has 1 amide bonds. The van der Waals surface area contributed by atoms with Gasteiger partial charge in [-0.2, -0.15) is 13.2 Å². The lowest BCUT2D eigenvalue weighted by atomic mass is 9.87. The maximum Gasteiger partial charge on any atom is 0.406 e. The molecule has 6 heterocycles. The van der Waals surface area contributed by atoms with E-state index in [2.05, 4.69) is 27.3 Å². The van der Waals surface area contributed by atoms with Gasteiger partial charge in [-0.25, -0.2) is 4.98 Å². The van der Waals surface area contributed by atoms with Gasteiger partial charge >= 0.3 is 6.18 Å². The van der Waals surface area contributed by atoms with Crippen LogP contribution in [0.25, 0.3) is 0 Å². The number of hydrogen-bond donors (Lipinski definition) is 1. The number of halogens is 3. The molecule has 1 aromatic heterocycles. The number of morpholine rings is 1. The summed E-state index contributed by atoms with van der Waals surface area (Å²) in [6.45, 7) is 2.52. The van der Waals surface area contributed by atoms with Crippen LogP contribution in [0.4, 0.5) is 36.1 Å². The average Bonchev–Trinajstić information content (AvgIpc) is 3.43. The normalized spacial score (nSPS) is 26.7. The highest BCUT2D eigenvalue weighted by Crippen LogP contribution is 2.49. The highest BCUT2D eigenvalue weighted by atomic mass is 19.4. The largest absolute Gasteiger partial charge is 0.406 e. The van der Waals surface area contributed by atoms with Crippen molar-refractivity contribution in [3.05, 3.63) is 42.1 Å². The molecule has 5 aliphatic heterocycles. The maximum absolute atomic E-state index is 14.2. The van der Waals surface area contributed by atoms with Gasteiger partial charge < -0.3 is 19.9 Å². The Hall–Kier alpha value is -2.85.